The Morgan fingerprint density at radius 1 is 1.28 bits per heavy atom. The molecule has 0 radical (unpaired) electrons. The van der Waals surface area contributed by atoms with Crippen molar-refractivity contribution in [2.24, 2.45) is 0 Å². The summed E-state index contributed by atoms with van der Waals surface area (Å²) in [6.45, 7) is 5.79. The van der Waals surface area contributed by atoms with Crippen LogP contribution in [0.5, 0.6) is 0 Å². The number of carbonyl (C=O) groups is 1. The van der Waals surface area contributed by atoms with Crippen LogP contribution in [0.25, 0.3) is 0 Å². The Balaban J connectivity index is 1.58. The van der Waals surface area contributed by atoms with Gasteiger partial charge in [0, 0.05) is 19.6 Å². The van der Waals surface area contributed by atoms with Crippen molar-refractivity contribution >= 4 is 23.2 Å². The quantitative estimate of drug-likeness (QED) is 0.656. The van der Waals surface area contributed by atoms with E-state index in [-0.39, 0.29) is 5.91 Å². The monoisotopic (exact) mass is 362 g/mol. The fourth-order valence-corrected chi connectivity index (χ4v) is 3.80. The highest BCUT2D eigenvalue weighted by Crippen LogP contribution is 2.21. The van der Waals surface area contributed by atoms with Crippen LogP contribution in [0.15, 0.2) is 16.2 Å². The number of aryl methyl sites for hydroxylation is 2. The molecule has 1 saturated heterocycles. The van der Waals surface area contributed by atoms with Crippen molar-refractivity contribution in [3.63, 3.8) is 0 Å². The summed E-state index contributed by atoms with van der Waals surface area (Å²) in [5, 5.41) is 11.4. The van der Waals surface area contributed by atoms with E-state index < -0.39 is 0 Å². The molecule has 1 aliphatic carbocycles. The van der Waals surface area contributed by atoms with Gasteiger partial charge in [-0.25, -0.2) is 5.01 Å². The van der Waals surface area contributed by atoms with Crippen LogP contribution in [-0.2, 0) is 0 Å². The first kappa shape index (κ1) is 17.9. The van der Waals surface area contributed by atoms with E-state index in [1.54, 1.807) is 18.9 Å². The molecule has 0 atom stereocenters. The fourth-order valence-electron chi connectivity index (χ4n) is 3.50. The molecule has 1 aliphatic heterocycles. The molecule has 0 spiro atoms. The maximum Gasteiger partial charge on any atom is 0.277 e. The third kappa shape index (κ3) is 4.03. The van der Waals surface area contributed by atoms with Crippen LogP contribution in [0.2, 0.25) is 0 Å². The van der Waals surface area contributed by atoms with Crippen LogP contribution in [-0.4, -0.2) is 45.8 Å². The molecule has 1 aromatic heterocycles. The zero-order chi connectivity index (χ0) is 17.8. The summed E-state index contributed by atoms with van der Waals surface area (Å²) >= 11 is 5.53. The first-order valence-electron chi connectivity index (χ1n) is 9.06. The van der Waals surface area contributed by atoms with Gasteiger partial charge >= 0.3 is 0 Å². The standard InChI is InChI=1S/C18H26N4O2S/c1-13-16(14(2)24-20-13)17(23)21-11-6-12-22(21)18(25)19-10-9-15-7-4-3-5-8-15/h7H,3-6,8-12H2,1-2H3,(H,19,25). The summed E-state index contributed by atoms with van der Waals surface area (Å²) in [4.78, 5) is 12.9. The Kier molecular flexibility index (Phi) is 5.73. The highest BCUT2D eigenvalue weighted by molar-refractivity contribution is 7.80. The second-order valence-corrected chi connectivity index (χ2v) is 7.08. The average Bonchev–Trinajstić information content (AvgIpc) is 3.22. The molecule has 0 aromatic carbocycles. The van der Waals surface area contributed by atoms with E-state index in [2.05, 4.69) is 16.5 Å². The number of hydrogen-bond acceptors (Lipinski definition) is 4. The summed E-state index contributed by atoms with van der Waals surface area (Å²) in [5.74, 6) is 0.463. The summed E-state index contributed by atoms with van der Waals surface area (Å²) < 4.78 is 5.13. The number of carbonyl (C=O) groups excluding carboxylic acids is 1. The number of rotatable bonds is 4. The van der Waals surface area contributed by atoms with E-state index in [0.717, 1.165) is 25.9 Å². The van der Waals surface area contributed by atoms with Crippen molar-refractivity contribution < 1.29 is 9.32 Å². The minimum Gasteiger partial charge on any atom is -0.361 e. The van der Waals surface area contributed by atoms with Gasteiger partial charge in [-0.15, -0.1) is 0 Å². The van der Waals surface area contributed by atoms with Crippen LogP contribution in [0.3, 0.4) is 0 Å². The molecule has 1 amide bonds. The SMILES string of the molecule is Cc1noc(C)c1C(=O)N1CCCN1C(=S)NCCC1=CCCCC1. The van der Waals surface area contributed by atoms with Crippen molar-refractivity contribution in [2.75, 3.05) is 19.6 Å². The lowest BCUT2D eigenvalue weighted by molar-refractivity contribution is 0.0489. The molecule has 0 unspecified atom stereocenters. The van der Waals surface area contributed by atoms with Crippen molar-refractivity contribution in [3.05, 3.63) is 28.7 Å². The minimum absolute atomic E-state index is 0.0899. The first-order valence-corrected chi connectivity index (χ1v) is 9.46. The number of allylic oxidation sites excluding steroid dienone is 1. The highest BCUT2D eigenvalue weighted by Gasteiger charge is 2.32. The van der Waals surface area contributed by atoms with E-state index in [1.165, 1.54) is 31.3 Å². The van der Waals surface area contributed by atoms with Crippen LogP contribution >= 0.6 is 12.2 Å². The zero-order valence-corrected chi connectivity index (χ0v) is 15.8. The second kappa shape index (κ2) is 7.99. The van der Waals surface area contributed by atoms with Gasteiger partial charge in [-0.2, -0.15) is 0 Å². The highest BCUT2D eigenvalue weighted by atomic mass is 32.1. The number of thiocarbonyl (C=S) groups is 1. The van der Waals surface area contributed by atoms with Gasteiger partial charge in [0.15, 0.2) is 5.11 Å². The Labute approximate surface area is 154 Å². The second-order valence-electron chi connectivity index (χ2n) is 6.69. The summed E-state index contributed by atoms with van der Waals surface area (Å²) in [6.07, 6.45) is 9.29. The summed E-state index contributed by atoms with van der Waals surface area (Å²) in [5.41, 5.74) is 2.69. The van der Waals surface area contributed by atoms with E-state index >= 15 is 0 Å². The van der Waals surface area contributed by atoms with Crippen molar-refractivity contribution in [1.82, 2.24) is 20.5 Å². The summed E-state index contributed by atoms with van der Waals surface area (Å²) in [7, 11) is 0. The van der Waals surface area contributed by atoms with Gasteiger partial charge in [0.2, 0.25) is 0 Å². The van der Waals surface area contributed by atoms with Gasteiger partial charge in [0.25, 0.3) is 5.91 Å². The lowest BCUT2D eigenvalue weighted by atomic mass is 9.97. The first-order chi connectivity index (χ1) is 12.1. The Morgan fingerprint density at radius 2 is 2.08 bits per heavy atom. The number of nitrogens with one attached hydrogen (secondary N) is 1. The third-order valence-corrected chi connectivity index (χ3v) is 5.21. The van der Waals surface area contributed by atoms with Gasteiger partial charge in [-0.05, 0) is 64.6 Å². The van der Waals surface area contributed by atoms with Crippen LogP contribution in [0.4, 0.5) is 0 Å². The van der Waals surface area contributed by atoms with Gasteiger partial charge in [-0.3, -0.25) is 9.80 Å². The van der Waals surface area contributed by atoms with Gasteiger partial charge in [0.1, 0.15) is 11.3 Å². The van der Waals surface area contributed by atoms with E-state index in [0.29, 0.717) is 28.7 Å². The number of amides is 1. The lowest BCUT2D eigenvalue weighted by Crippen LogP contribution is -2.49. The number of hydrogen-bond donors (Lipinski definition) is 1. The van der Waals surface area contributed by atoms with E-state index in [4.69, 9.17) is 16.7 Å². The largest absolute Gasteiger partial charge is 0.361 e. The van der Waals surface area contributed by atoms with Crippen molar-refractivity contribution in [2.45, 2.75) is 52.4 Å². The molecule has 0 saturated carbocycles. The molecule has 7 heteroatoms. The van der Waals surface area contributed by atoms with Gasteiger partial charge < -0.3 is 9.84 Å². The van der Waals surface area contributed by atoms with Gasteiger partial charge in [-0.1, -0.05) is 16.8 Å². The van der Waals surface area contributed by atoms with Crippen molar-refractivity contribution in [1.29, 1.82) is 0 Å². The van der Waals surface area contributed by atoms with Gasteiger partial charge in [0.05, 0.1) is 5.69 Å². The van der Waals surface area contributed by atoms with Crippen LogP contribution in [0.1, 0.15) is 60.3 Å². The molecule has 136 valence electrons. The Morgan fingerprint density at radius 3 is 2.76 bits per heavy atom. The number of hydrazine groups is 1. The molecule has 1 fully saturated rings. The maximum atomic E-state index is 12.9. The predicted molar refractivity (Wildman–Crippen MR) is 100 cm³/mol. The number of aromatic nitrogens is 1. The van der Waals surface area contributed by atoms with E-state index in [9.17, 15) is 4.79 Å². The molecule has 3 rings (SSSR count). The number of nitrogens with zero attached hydrogens (tertiary/aromatic N) is 3. The molecule has 2 aliphatic rings. The van der Waals surface area contributed by atoms with Crippen LogP contribution < -0.4 is 5.32 Å². The summed E-state index contributed by atoms with van der Waals surface area (Å²) in [6, 6.07) is 0. The lowest BCUT2D eigenvalue weighted by Gasteiger charge is -2.30. The van der Waals surface area contributed by atoms with Crippen LogP contribution in [0, 0.1) is 13.8 Å². The zero-order valence-electron chi connectivity index (χ0n) is 15.0. The van der Waals surface area contributed by atoms with Crippen molar-refractivity contribution in [3.8, 4) is 0 Å². The molecule has 2 heterocycles. The Hall–Kier alpha value is -1.89. The molecule has 1 aromatic rings. The molecule has 6 nitrogen and oxygen atoms in total. The molecular formula is C18H26N4O2S. The molecular weight excluding hydrogens is 336 g/mol. The Bertz CT molecular complexity index is 663. The predicted octanol–water partition coefficient (Wildman–Crippen LogP) is 3.12. The fraction of sp³-hybridized carbons (Fsp3) is 0.611. The average molecular weight is 362 g/mol. The topological polar surface area (TPSA) is 61.6 Å². The molecule has 0 bridgehead atoms. The molecule has 25 heavy (non-hydrogen) atoms. The molecule has 1 N–H and O–H groups in total. The van der Waals surface area contributed by atoms with E-state index in [1.807, 2.05) is 5.01 Å². The third-order valence-electron chi connectivity index (χ3n) is 4.85. The maximum absolute atomic E-state index is 12.9. The normalized spacial score (nSPS) is 17.6. The minimum atomic E-state index is -0.0899. The smallest absolute Gasteiger partial charge is 0.277 e.